The molecule has 7 heteroatoms. The van der Waals surface area contributed by atoms with Gasteiger partial charge in [0.15, 0.2) is 0 Å². The number of hydrogen-bond acceptors (Lipinski definition) is 5. The maximum atomic E-state index is 13.4. The second-order valence-electron chi connectivity index (χ2n) is 7.96. The SMILES string of the molecule is CN1OC[C@@H](S(=O)(=O)N(C)Cc2ccccc2)[C@H]1c1ccc(OCc2ccccc2)cc1. The van der Waals surface area contributed by atoms with Gasteiger partial charge in [-0.25, -0.2) is 12.7 Å². The second kappa shape index (κ2) is 9.83. The Labute approximate surface area is 190 Å². The first kappa shape index (κ1) is 22.5. The molecule has 0 saturated carbocycles. The topological polar surface area (TPSA) is 59.1 Å². The highest BCUT2D eigenvalue weighted by atomic mass is 32.2. The van der Waals surface area contributed by atoms with Gasteiger partial charge in [0, 0.05) is 20.6 Å². The van der Waals surface area contributed by atoms with Crippen LogP contribution in [0.2, 0.25) is 0 Å². The lowest BCUT2D eigenvalue weighted by atomic mass is 10.0. The smallest absolute Gasteiger partial charge is 0.221 e. The standard InChI is InChI=1S/C25H28N2O4S/c1-26(17-20-9-5-3-6-10-20)32(28,29)24-19-31-27(2)25(24)22-13-15-23(16-14-22)30-18-21-11-7-4-8-12-21/h3-16,24-25H,17-19H2,1-2H3/t24-,25-/m1/s1. The monoisotopic (exact) mass is 452 g/mol. The van der Waals surface area contributed by atoms with Crippen LogP contribution in [-0.4, -0.2) is 43.7 Å². The molecule has 1 heterocycles. The van der Waals surface area contributed by atoms with Crippen LogP contribution in [0.1, 0.15) is 22.7 Å². The van der Waals surface area contributed by atoms with Crippen molar-refractivity contribution in [1.82, 2.24) is 9.37 Å². The predicted octanol–water partition coefficient (Wildman–Crippen LogP) is 4.01. The van der Waals surface area contributed by atoms with Crippen molar-refractivity contribution in [3.05, 3.63) is 102 Å². The van der Waals surface area contributed by atoms with E-state index in [1.165, 1.54) is 4.31 Å². The van der Waals surface area contributed by atoms with Crippen LogP contribution in [0.5, 0.6) is 5.75 Å². The Morgan fingerprint density at radius 3 is 2.16 bits per heavy atom. The Hall–Kier alpha value is -2.71. The van der Waals surface area contributed by atoms with Crippen LogP contribution in [0, 0.1) is 0 Å². The molecule has 0 N–H and O–H groups in total. The summed E-state index contributed by atoms with van der Waals surface area (Å²) in [5.74, 6) is 0.736. The summed E-state index contributed by atoms with van der Waals surface area (Å²) < 4.78 is 34.1. The van der Waals surface area contributed by atoms with Gasteiger partial charge in [0.2, 0.25) is 10.0 Å². The van der Waals surface area contributed by atoms with Gasteiger partial charge in [-0.2, -0.15) is 5.06 Å². The highest BCUT2D eigenvalue weighted by Gasteiger charge is 2.44. The van der Waals surface area contributed by atoms with Gasteiger partial charge >= 0.3 is 0 Å². The minimum Gasteiger partial charge on any atom is -0.489 e. The molecular weight excluding hydrogens is 424 g/mol. The fraction of sp³-hybridized carbons (Fsp3) is 0.280. The zero-order chi connectivity index (χ0) is 22.6. The van der Waals surface area contributed by atoms with E-state index in [0.717, 1.165) is 22.4 Å². The molecule has 0 aromatic heterocycles. The van der Waals surface area contributed by atoms with E-state index < -0.39 is 21.3 Å². The molecule has 6 nitrogen and oxygen atoms in total. The molecule has 3 aromatic carbocycles. The Balaban J connectivity index is 1.47. The summed E-state index contributed by atoms with van der Waals surface area (Å²) >= 11 is 0. The highest BCUT2D eigenvalue weighted by molar-refractivity contribution is 7.89. The van der Waals surface area contributed by atoms with Gasteiger partial charge in [-0.1, -0.05) is 72.8 Å². The molecular formula is C25H28N2O4S. The van der Waals surface area contributed by atoms with E-state index in [4.69, 9.17) is 9.57 Å². The molecule has 0 unspecified atom stereocenters. The number of rotatable bonds is 8. The normalized spacial score (nSPS) is 19.3. The van der Waals surface area contributed by atoms with Gasteiger partial charge in [0.1, 0.15) is 17.6 Å². The lowest BCUT2D eigenvalue weighted by Gasteiger charge is -2.27. The summed E-state index contributed by atoms with van der Waals surface area (Å²) in [7, 11) is -0.190. The summed E-state index contributed by atoms with van der Waals surface area (Å²) in [5, 5.41) is 0.940. The molecule has 32 heavy (non-hydrogen) atoms. The molecule has 1 aliphatic rings. The molecule has 0 bridgehead atoms. The van der Waals surface area contributed by atoms with Gasteiger partial charge in [-0.05, 0) is 28.8 Å². The summed E-state index contributed by atoms with van der Waals surface area (Å²) in [4.78, 5) is 5.65. The van der Waals surface area contributed by atoms with E-state index in [2.05, 4.69) is 0 Å². The van der Waals surface area contributed by atoms with Gasteiger partial charge in [0.05, 0.1) is 12.6 Å². The molecule has 1 aliphatic heterocycles. The Morgan fingerprint density at radius 2 is 1.53 bits per heavy atom. The fourth-order valence-electron chi connectivity index (χ4n) is 3.93. The molecule has 0 aliphatic carbocycles. The van der Waals surface area contributed by atoms with E-state index in [0.29, 0.717) is 13.2 Å². The van der Waals surface area contributed by atoms with Crippen molar-refractivity contribution in [1.29, 1.82) is 0 Å². The van der Waals surface area contributed by atoms with E-state index in [9.17, 15) is 8.42 Å². The molecule has 2 atom stereocenters. The van der Waals surface area contributed by atoms with Crippen LogP contribution in [0.15, 0.2) is 84.9 Å². The number of sulfonamides is 1. The third kappa shape index (κ3) is 5.02. The molecule has 3 aromatic rings. The van der Waals surface area contributed by atoms with E-state index in [-0.39, 0.29) is 6.61 Å². The minimum absolute atomic E-state index is 0.120. The molecule has 168 valence electrons. The summed E-state index contributed by atoms with van der Waals surface area (Å²) in [6, 6.07) is 26.7. The fourth-order valence-corrected chi connectivity index (χ4v) is 5.61. The quantitative estimate of drug-likeness (QED) is 0.517. The van der Waals surface area contributed by atoms with Crippen LogP contribution < -0.4 is 4.74 Å². The van der Waals surface area contributed by atoms with Crippen LogP contribution in [-0.2, 0) is 28.0 Å². The first-order chi connectivity index (χ1) is 15.4. The van der Waals surface area contributed by atoms with Crippen LogP contribution in [0.3, 0.4) is 0 Å². The van der Waals surface area contributed by atoms with Crippen molar-refractivity contribution in [2.45, 2.75) is 24.4 Å². The molecule has 0 spiro atoms. The van der Waals surface area contributed by atoms with Gasteiger partial charge in [0.25, 0.3) is 0 Å². The number of benzene rings is 3. The Kier molecular flexibility index (Phi) is 6.91. The highest BCUT2D eigenvalue weighted by Crippen LogP contribution is 2.35. The lowest BCUT2D eigenvalue weighted by Crippen LogP contribution is -2.40. The van der Waals surface area contributed by atoms with Crippen molar-refractivity contribution < 1.29 is 18.0 Å². The first-order valence-electron chi connectivity index (χ1n) is 10.6. The maximum absolute atomic E-state index is 13.4. The predicted molar refractivity (Wildman–Crippen MR) is 124 cm³/mol. The van der Waals surface area contributed by atoms with Crippen molar-refractivity contribution in [3.63, 3.8) is 0 Å². The Morgan fingerprint density at radius 1 is 0.938 bits per heavy atom. The molecule has 1 saturated heterocycles. The summed E-state index contributed by atoms with van der Waals surface area (Å²) in [6.07, 6.45) is 0. The van der Waals surface area contributed by atoms with Gasteiger partial charge < -0.3 is 4.74 Å². The van der Waals surface area contributed by atoms with Crippen molar-refractivity contribution >= 4 is 10.0 Å². The minimum atomic E-state index is -3.59. The zero-order valence-corrected chi connectivity index (χ0v) is 19.1. The number of nitrogens with zero attached hydrogens (tertiary/aromatic N) is 2. The van der Waals surface area contributed by atoms with Gasteiger partial charge in [-0.15, -0.1) is 0 Å². The van der Waals surface area contributed by atoms with E-state index in [1.54, 1.807) is 19.2 Å². The maximum Gasteiger partial charge on any atom is 0.221 e. The lowest BCUT2D eigenvalue weighted by molar-refractivity contribution is -0.110. The number of hydroxylamine groups is 2. The van der Waals surface area contributed by atoms with Crippen molar-refractivity contribution in [2.24, 2.45) is 0 Å². The first-order valence-corrected chi connectivity index (χ1v) is 12.1. The number of ether oxygens (including phenoxy) is 1. The molecule has 4 rings (SSSR count). The second-order valence-corrected chi connectivity index (χ2v) is 10.2. The Bertz CT molecular complexity index is 1110. The average molecular weight is 453 g/mol. The van der Waals surface area contributed by atoms with Crippen LogP contribution in [0.4, 0.5) is 0 Å². The van der Waals surface area contributed by atoms with Crippen molar-refractivity contribution in [2.75, 3.05) is 20.7 Å². The van der Waals surface area contributed by atoms with Gasteiger partial charge in [-0.3, -0.25) is 4.84 Å². The summed E-state index contributed by atoms with van der Waals surface area (Å²) in [6.45, 7) is 0.922. The zero-order valence-electron chi connectivity index (χ0n) is 18.3. The van der Waals surface area contributed by atoms with Crippen LogP contribution in [0.25, 0.3) is 0 Å². The van der Waals surface area contributed by atoms with Crippen LogP contribution >= 0.6 is 0 Å². The molecule has 0 amide bonds. The van der Waals surface area contributed by atoms with E-state index in [1.807, 2.05) is 84.9 Å². The molecule has 0 radical (unpaired) electrons. The number of hydrogen-bond donors (Lipinski definition) is 0. The third-order valence-electron chi connectivity index (χ3n) is 5.72. The average Bonchev–Trinajstić information content (AvgIpc) is 3.21. The summed E-state index contributed by atoms with van der Waals surface area (Å²) in [5.41, 5.74) is 2.91. The third-order valence-corrected chi connectivity index (χ3v) is 7.88. The molecule has 1 fully saturated rings. The van der Waals surface area contributed by atoms with E-state index >= 15 is 0 Å². The largest absolute Gasteiger partial charge is 0.489 e. The van der Waals surface area contributed by atoms with Crippen molar-refractivity contribution in [3.8, 4) is 5.75 Å².